The minimum absolute atomic E-state index is 1.01. The van der Waals surface area contributed by atoms with Crippen molar-refractivity contribution in [3.63, 3.8) is 0 Å². The lowest BCUT2D eigenvalue weighted by Gasteiger charge is -2.32. The van der Waals surface area contributed by atoms with Gasteiger partial charge in [-0.25, -0.2) is 0 Å². The Bertz CT molecular complexity index is 1420. The first-order chi connectivity index (χ1) is 20.3. The molecule has 4 aromatic carbocycles. The zero-order valence-electron chi connectivity index (χ0n) is 25.1. The fraction of sp³-hybridized carbons (Fsp3) is 0.500. The molecule has 4 aromatic rings. The summed E-state index contributed by atoms with van der Waals surface area (Å²) in [4.78, 5) is 7.71. The zero-order chi connectivity index (χ0) is 27.9. The number of piperazine rings is 1. The van der Waals surface area contributed by atoms with Crippen LogP contribution in [0.2, 0.25) is 0 Å². The topological polar surface area (TPSA) is 33.8 Å². The molecule has 2 saturated heterocycles. The van der Waals surface area contributed by atoms with Gasteiger partial charge in [0.25, 0.3) is 0 Å². The van der Waals surface area contributed by atoms with Crippen LogP contribution in [0.5, 0.6) is 0 Å². The molecule has 2 aliphatic rings. The highest BCUT2D eigenvalue weighted by Gasteiger charge is 2.14. The molecule has 2 N–H and O–H groups in total. The highest BCUT2D eigenvalue weighted by atomic mass is 15.2. The van der Waals surface area contributed by atoms with Crippen LogP contribution in [0.15, 0.2) is 60.7 Å². The number of nitrogens with one attached hydrogen (secondary N) is 2. The standard InChI is InChI=1S/C36H49N5/c1-39-24-26-41(27-25-39)23-10-6-19-38-36-28-34-30-14-11-15-35(37-18-5-9-22-40-20-7-2-8-21-40)33(30)17-16-31(34)29-12-3-4-13-32(29)36/h3-4,11-17,28,37-38H,2,5-10,18-27H2,1H3. The quantitative estimate of drug-likeness (QED) is 0.143. The van der Waals surface area contributed by atoms with Crippen LogP contribution in [0.1, 0.15) is 44.9 Å². The molecule has 41 heavy (non-hydrogen) atoms. The molecule has 2 aliphatic heterocycles. The van der Waals surface area contributed by atoms with Crippen molar-refractivity contribution in [3.8, 4) is 0 Å². The third-order valence-corrected chi connectivity index (χ3v) is 9.38. The summed E-state index contributed by atoms with van der Waals surface area (Å²) in [5, 5.41) is 15.6. The van der Waals surface area contributed by atoms with Gasteiger partial charge in [0.1, 0.15) is 0 Å². The fourth-order valence-electron chi connectivity index (χ4n) is 6.87. The number of fused-ring (bicyclic) bond motifs is 5. The average Bonchev–Trinajstić information content (AvgIpc) is 3.02. The number of hydrogen-bond donors (Lipinski definition) is 2. The van der Waals surface area contributed by atoms with E-state index in [0.29, 0.717) is 0 Å². The third-order valence-electron chi connectivity index (χ3n) is 9.38. The molecule has 0 spiro atoms. The Hall–Kier alpha value is -2.86. The molecular formula is C36H49N5. The van der Waals surface area contributed by atoms with Crippen molar-refractivity contribution in [2.24, 2.45) is 0 Å². The second-order valence-electron chi connectivity index (χ2n) is 12.3. The van der Waals surface area contributed by atoms with Crippen molar-refractivity contribution in [2.45, 2.75) is 44.9 Å². The van der Waals surface area contributed by atoms with Gasteiger partial charge in [0, 0.05) is 61.4 Å². The summed E-state index contributed by atoms with van der Waals surface area (Å²) < 4.78 is 0. The third kappa shape index (κ3) is 6.97. The SMILES string of the molecule is CN1CCN(CCCCNc2cc3c4cccc(NCCCCN5CCCCC5)c4ccc3c3ccccc23)CC1. The van der Waals surface area contributed by atoms with E-state index in [-0.39, 0.29) is 0 Å². The van der Waals surface area contributed by atoms with Gasteiger partial charge in [0.15, 0.2) is 0 Å². The molecule has 5 heteroatoms. The first-order valence-corrected chi connectivity index (χ1v) is 16.2. The maximum atomic E-state index is 3.83. The van der Waals surface area contributed by atoms with Crippen molar-refractivity contribution in [1.82, 2.24) is 14.7 Å². The predicted octanol–water partition coefficient (Wildman–Crippen LogP) is 7.26. The molecule has 5 nitrogen and oxygen atoms in total. The van der Waals surface area contributed by atoms with E-state index in [1.165, 1.54) is 141 Å². The molecule has 0 unspecified atom stereocenters. The van der Waals surface area contributed by atoms with Gasteiger partial charge >= 0.3 is 0 Å². The zero-order valence-corrected chi connectivity index (χ0v) is 25.1. The summed E-state index contributed by atoms with van der Waals surface area (Å²) in [6.07, 6.45) is 9.11. The van der Waals surface area contributed by atoms with Crippen molar-refractivity contribution < 1.29 is 0 Å². The van der Waals surface area contributed by atoms with Crippen LogP contribution < -0.4 is 10.6 Å². The maximum absolute atomic E-state index is 3.83. The van der Waals surface area contributed by atoms with Crippen molar-refractivity contribution >= 4 is 43.7 Å². The maximum Gasteiger partial charge on any atom is 0.0426 e. The lowest BCUT2D eigenvalue weighted by molar-refractivity contribution is 0.152. The van der Waals surface area contributed by atoms with E-state index in [1.807, 2.05) is 0 Å². The minimum Gasteiger partial charge on any atom is -0.385 e. The number of anilines is 2. The van der Waals surface area contributed by atoms with E-state index in [0.717, 1.165) is 13.1 Å². The second kappa shape index (κ2) is 13.9. The molecule has 2 heterocycles. The van der Waals surface area contributed by atoms with E-state index in [9.17, 15) is 0 Å². The summed E-state index contributed by atoms with van der Waals surface area (Å²) in [6.45, 7) is 11.9. The fourth-order valence-corrected chi connectivity index (χ4v) is 6.87. The minimum atomic E-state index is 1.01. The van der Waals surface area contributed by atoms with Crippen molar-refractivity contribution in [2.75, 3.05) is 83.1 Å². The molecular weight excluding hydrogens is 502 g/mol. The number of unbranched alkanes of at least 4 members (excludes halogenated alkanes) is 2. The lowest BCUT2D eigenvalue weighted by atomic mass is 9.95. The molecule has 0 atom stereocenters. The molecule has 0 aliphatic carbocycles. The number of rotatable bonds is 12. The van der Waals surface area contributed by atoms with Crippen LogP contribution in [-0.2, 0) is 0 Å². The van der Waals surface area contributed by atoms with Gasteiger partial charge in [-0.05, 0) is 105 Å². The summed E-state index contributed by atoms with van der Waals surface area (Å²) >= 11 is 0. The number of nitrogens with zero attached hydrogens (tertiary/aromatic N) is 3. The van der Waals surface area contributed by atoms with E-state index in [4.69, 9.17) is 0 Å². The monoisotopic (exact) mass is 551 g/mol. The number of hydrogen-bond acceptors (Lipinski definition) is 5. The van der Waals surface area contributed by atoms with Crippen molar-refractivity contribution in [3.05, 3.63) is 60.7 Å². The number of benzene rings is 4. The van der Waals surface area contributed by atoms with Crippen LogP contribution in [0.25, 0.3) is 32.3 Å². The average molecular weight is 552 g/mol. The van der Waals surface area contributed by atoms with Gasteiger partial charge in [-0.2, -0.15) is 0 Å². The highest BCUT2D eigenvalue weighted by Crippen LogP contribution is 2.37. The molecule has 0 bridgehead atoms. The Balaban J connectivity index is 1.13. The Morgan fingerprint density at radius 2 is 1.07 bits per heavy atom. The number of likely N-dealkylation sites (tertiary alicyclic amines) is 1. The van der Waals surface area contributed by atoms with Gasteiger partial charge in [-0.15, -0.1) is 0 Å². The molecule has 6 rings (SSSR count). The van der Waals surface area contributed by atoms with Gasteiger partial charge in [-0.3, -0.25) is 0 Å². The van der Waals surface area contributed by atoms with Gasteiger partial charge in [-0.1, -0.05) is 55.0 Å². The Labute approximate surface area is 246 Å². The van der Waals surface area contributed by atoms with Gasteiger partial charge in [0.2, 0.25) is 0 Å². The molecule has 218 valence electrons. The molecule has 0 amide bonds. The van der Waals surface area contributed by atoms with Gasteiger partial charge in [0.05, 0.1) is 0 Å². The van der Waals surface area contributed by atoms with E-state index < -0.39 is 0 Å². The Morgan fingerprint density at radius 3 is 1.83 bits per heavy atom. The molecule has 0 aromatic heterocycles. The first kappa shape index (κ1) is 28.3. The smallest absolute Gasteiger partial charge is 0.0426 e. The summed E-state index contributed by atoms with van der Waals surface area (Å²) in [5.41, 5.74) is 2.52. The largest absolute Gasteiger partial charge is 0.385 e. The van der Waals surface area contributed by atoms with Gasteiger partial charge < -0.3 is 25.3 Å². The highest BCUT2D eigenvalue weighted by molar-refractivity contribution is 6.21. The van der Waals surface area contributed by atoms with E-state index in [1.54, 1.807) is 0 Å². The first-order valence-electron chi connectivity index (χ1n) is 16.2. The molecule has 0 saturated carbocycles. The van der Waals surface area contributed by atoms with Crippen LogP contribution >= 0.6 is 0 Å². The summed E-state index contributed by atoms with van der Waals surface area (Å²) in [7, 11) is 2.23. The normalized spacial score (nSPS) is 17.5. The second-order valence-corrected chi connectivity index (χ2v) is 12.3. The Morgan fingerprint density at radius 1 is 0.512 bits per heavy atom. The van der Waals surface area contributed by atoms with Crippen LogP contribution in [-0.4, -0.2) is 87.2 Å². The van der Waals surface area contributed by atoms with Crippen LogP contribution in [0, 0.1) is 0 Å². The van der Waals surface area contributed by atoms with Crippen LogP contribution in [0.3, 0.4) is 0 Å². The van der Waals surface area contributed by atoms with Crippen LogP contribution in [0.4, 0.5) is 11.4 Å². The van der Waals surface area contributed by atoms with E-state index in [2.05, 4.69) is 93.0 Å². The Kier molecular flexibility index (Phi) is 9.56. The molecule has 2 fully saturated rings. The number of piperidine rings is 1. The van der Waals surface area contributed by atoms with Crippen molar-refractivity contribution in [1.29, 1.82) is 0 Å². The van der Waals surface area contributed by atoms with E-state index >= 15 is 0 Å². The number of likely N-dealkylation sites (N-methyl/N-ethyl adjacent to an activating group) is 1. The molecule has 0 radical (unpaired) electrons. The predicted molar refractivity (Wildman–Crippen MR) is 179 cm³/mol. The lowest BCUT2D eigenvalue weighted by Crippen LogP contribution is -2.44. The summed E-state index contributed by atoms with van der Waals surface area (Å²) in [5.74, 6) is 0. The summed E-state index contributed by atoms with van der Waals surface area (Å²) in [6, 6.07) is 22.7.